The molecule has 2 unspecified atom stereocenters. The molecule has 0 aliphatic rings. The Morgan fingerprint density at radius 1 is 1.27 bits per heavy atom. The van der Waals surface area contributed by atoms with E-state index >= 15 is 0 Å². The maximum atomic E-state index is 11.6. The van der Waals surface area contributed by atoms with Crippen molar-refractivity contribution in [1.29, 1.82) is 0 Å². The third-order valence-corrected chi connectivity index (χ3v) is 2.33. The minimum atomic E-state index is -1.11. The number of benzene rings is 1. The van der Waals surface area contributed by atoms with Crippen molar-refractivity contribution in [3.05, 3.63) is 35.9 Å². The number of hydrogen-bond acceptors (Lipinski definition) is 3. The van der Waals surface area contributed by atoms with Gasteiger partial charge in [-0.15, -0.1) is 0 Å². The van der Waals surface area contributed by atoms with Crippen molar-refractivity contribution in [2.75, 3.05) is 0 Å². The average molecular weight is 208 g/mol. The number of aliphatic hydroxyl groups excluding tert-OH is 2. The van der Waals surface area contributed by atoms with E-state index in [1.165, 1.54) is 0 Å². The largest absolute Gasteiger partial charge is 0.393 e. The highest BCUT2D eigenvalue weighted by Gasteiger charge is 2.19. The Morgan fingerprint density at radius 3 is 2.40 bits per heavy atom. The molecule has 0 amide bonds. The average Bonchev–Trinajstić information content (AvgIpc) is 2.29. The second kappa shape index (κ2) is 5.63. The van der Waals surface area contributed by atoms with Crippen LogP contribution in [0.4, 0.5) is 0 Å². The Hall–Kier alpha value is -1.19. The van der Waals surface area contributed by atoms with Crippen molar-refractivity contribution < 1.29 is 15.0 Å². The van der Waals surface area contributed by atoms with Gasteiger partial charge in [0, 0.05) is 12.0 Å². The van der Waals surface area contributed by atoms with Gasteiger partial charge in [0.15, 0.2) is 5.78 Å². The SMILES string of the molecule is CCC(O)CC(O)C(=O)c1ccccc1. The molecule has 0 aliphatic heterocycles. The molecule has 15 heavy (non-hydrogen) atoms. The number of hydrogen-bond donors (Lipinski definition) is 2. The zero-order chi connectivity index (χ0) is 11.3. The van der Waals surface area contributed by atoms with E-state index in [1.54, 1.807) is 24.3 Å². The number of rotatable bonds is 5. The predicted molar refractivity (Wildman–Crippen MR) is 57.7 cm³/mol. The lowest BCUT2D eigenvalue weighted by Crippen LogP contribution is -2.25. The van der Waals surface area contributed by atoms with Gasteiger partial charge in [-0.1, -0.05) is 37.3 Å². The van der Waals surface area contributed by atoms with Gasteiger partial charge in [-0.2, -0.15) is 0 Å². The number of Topliss-reactive ketones (excluding diaryl/α,β-unsaturated/α-hetero) is 1. The van der Waals surface area contributed by atoms with Crippen LogP contribution in [-0.4, -0.2) is 28.2 Å². The van der Waals surface area contributed by atoms with Crippen molar-refractivity contribution in [2.24, 2.45) is 0 Å². The fourth-order valence-corrected chi connectivity index (χ4v) is 1.33. The summed E-state index contributed by atoms with van der Waals surface area (Å²) in [6.45, 7) is 1.81. The predicted octanol–water partition coefficient (Wildman–Crippen LogP) is 1.39. The van der Waals surface area contributed by atoms with Crippen molar-refractivity contribution in [3.8, 4) is 0 Å². The summed E-state index contributed by atoms with van der Waals surface area (Å²) in [6, 6.07) is 8.62. The number of carbonyl (C=O) groups excluding carboxylic acids is 1. The first kappa shape index (κ1) is 11.9. The molecule has 3 heteroatoms. The first-order valence-electron chi connectivity index (χ1n) is 5.10. The molecule has 1 aromatic rings. The molecular weight excluding hydrogens is 192 g/mol. The van der Waals surface area contributed by atoms with Gasteiger partial charge in [0.05, 0.1) is 6.10 Å². The van der Waals surface area contributed by atoms with E-state index in [9.17, 15) is 15.0 Å². The molecule has 1 aromatic carbocycles. The minimum Gasteiger partial charge on any atom is -0.393 e. The Labute approximate surface area is 89.4 Å². The lowest BCUT2D eigenvalue weighted by Gasteiger charge is -2.13. The molecule has 3 nitrogen and oxygen atoms in total. The lowest BCUT2D eigenvalue weighted by atomic mass is 10.0. The van der Waals surface area contributed by atoms with E-state index < -0.39 is 12.2 Å². The van der Waals surface area contributed by atoms with Crippen molar-refractivity contribution in [3.63, 3.8) is 0 Å². The molecule has 0 aliphatic carbocycles. The van der Waals surface area contributed by atoms with Gasteiger partial charge < -0.3 is 10.2 Å². The molecule has 0 saturated carbocycles. The summed E-state index contributed by atoms with van der Waals surface area (Å²) >= 11 is 0. The van der Waals surface area contributed by atoms with Crippen LogP contribution in [0.25, 0.3) is 0 Å². The topological polar surface area (TPSA) is 57.5 Å². The van der Waals surface area contributed by atoms with Gasteiger partial charge in [-0.05, 0) is 6.42 Å². The second-order valence-corrected chi connectivity index (χ2v) is 3.54. The smallest absolute Gasteiger partial charge is 0.191 e. The third-order valence-electron chi connectivity index (χ3n) is 2.33. The maximum absolute atomic E-state index is 11.6. The molecule has 0 spiro atoms. The van der Waals surface area contributed by atoms with E-state index in [-0.39, 0.29) is 12.2 Å². The molecule has 1 rings (SSSR count). The quantitative estimate of drug-likeness (QED) is 0.719. The van der Waals surface area contributed by atoms with Crippen LogP contribution < -0.4 is 0 Å². The van der Waals surface area contributed by atoms with E-state index in [0.29, 0.717) is 12.0 Å². The summed E-state index contributed by atoms with van der Waals surface area (Å²) < 4.78 is 0. The zero-order valence-electron chi connectivity index (χ0n) is 8.76. The molecule has 0 aromatic heterocycles. The Kier molecular flexibility index (Phi) is 4.46. The number of aliphatic hydroxyl groups is 2. The van der Waals surface area contributed by atoms with Crippen molar-refractivity contribution in [1.82, 2.24) is 0 Å². The molecule has 0 radical (unpaired) electrons. The normalized spacial score (nSPS) is 14.6. The maximum Gasteiger partial charge on any atom is 0.191 e. The third kappa shape index (κ3) is 3.46. The van der Waals surface area contributed by atoms with Crippen LogP contribution in [0.2, 0.25) is 0 Å². The number of ketones is 1. The fraction of sp³-hybridized carbons (Fsp3) is 0.417. The first-order valence-corrected chi connectivity index (χ1v) is 5.10. The van der Waals surface area contributed by atoms with Crippen LogP contribution in [0, 0.1) is 0 Å². The summed E-state index contributed by atoms with van der Waals surface area (Å²) in [7, 11) is 0. The first-order chi connectivity index (χ1) is 7.15. The van der Waals surface area contributed by atoms with E-state index in [0.717, 1.165) is 0 Å². The summed E-state index contributed by atoms with van der Waals surface area (Å²) in [6.07, 6.45) is -1.08. The van der Waals surface area contributed by atoms with Gasteiger partial charge >= 0.3 is 0 Å². The Bertz CT molecular complexity index is 308. The standard InChI is InChI=1S/C12H16O3/c1-2-10(13)8-11(14)12(15)9-6-4-3-5-7-9/h3-7,10-11,13-14H,2,8H2,1H3. The molecular formula is C12H16O3. The van der Waals surface area contributed by atoms with E-state index in [4.69, 9.17) is 0 Å². The van der Waals surface area contributed by atoms with E-state index in [2.05, 4.69) is 0 Å². The summed E-state index contributed by atoms with van der Waals surface area (Å²) in [5, 5.41) is 18.9. The van der Waals surface area contributed by atoms with Crippen LogP contribution in [0.5, 0.6) is 0 Å². The van der Waals surface area contributed by atoms with E-state index in [1.807, 2.05) is 13.0 Å². The Balaban J connectivity index is 2.61. The van der Waals surface area contributed by atoms with Crippen molar-refractivity contribution in [2.45, 2.75) is 32.0 Å². The number of carbonyl (C=O) groups is 1. The zero-order valence-corrected chi connectivity index (χ0v) is 8.76. The highest BCUT2D eigenvalue weighted by Crippen LogP contribution is 2.09. The molecule has 82 valence electrons. The Morgan fingerprint density at radius 2 is 1.87 bits per heavy atom. The van der Waals surface area contributed by atoms with Crippen LogP contribution in [-0.2, 0) is 0 Å². The molecule has 0 fully saturated rings. The minimum absolute atomic E-state index is 0.101. The van der Waals surface area contributed by atoms with Gasteiger partial charge in [-0.3, -0.25) is 4.79 Å². The molecule has 0 bridgehead atoms. The van der Waals surface area contributed by atoms with Crippen molar-refractivity contribution >= 4 is 5.78 Å². The molecule has 2 N–H and O–H groups in total. The van der Waals surface area contributed by atoms with Gasteiger partial charge in [0.1, 0.15) is 6.10 Å². The summed E-state index contributed by atoms with van der Waals surface area (Å²) in [5.41, 5.74) is 0.480. The highest BCUT2D eigenvalue weighted by atomic mass is 16.3. The monoisotopic (exact) mass is 208 g/mol. The van der Waals surface area contributed by atoms with Crippen LogP contribution in [0.3, 0.4) is 0 Å². The summed E-state index contributed by atoms with van der Waals surface area (Å²) in [4.78, 5) is 11.6. The highest BCUT2D eigenvalue weighted by molar-refractivity contribution is 5.99. The molecule has 0 heterocycles. The molecule has 2 atom stereocenters. The fourth-order valence-electron chi connectivity index (χ4n) is 1.33. The van der Waals surface area contributed by atoms with Crippen LogP contribution in [0.15, 0.2) is 30.3 Å². The lowest BCUT2D eigenvalue weighted by molar-refractivity contribution is 0.0549. The van der Waals surface area contributed by atoms with Crippen LogP contribution in [0.1, 0.15) is 30.1 Å². The molecule has 0 saturated heterocycles. The van der Waals surface area contributed by atoms with Crippen LogP contribution >= 0.6 is 0 Å². The second-order valence-electron chi connectivity index (χ2n) is 3.54. The van der Waals surface area contributed by atoms with Gasteiger partial charge in [0.2, 0.25) is 0 Å². The van der Waals surface area contributed by atoms with Gasteiger partial charge in [0.25, 0.3) is 0 Å². The summed E-state index contributed by atoms with van der Waals surface area (Å²) in [5.74, 6) is -0.330. The van der Waals surface area contributed by atoms with Gasteiger partial charge in [-0.25, -0.2) is 0 Å².